The molecule has 0 aliphatic carbocycles. The van der Waals surface area contributed by atoms with Gasteiger partial charge in [-0.3, -0.25) is 4.79 Å². The number of ether oxygens (including phenoxy) is 2. The molecule has 1 aliphatic heterocycles. The van der Waals surface area contributed by atoms with Crippen molar-refractivity contribution in [1.82, 2.24) is 15.3 Å². The summed E-state index contributed by atoms with van der Waals surface area (Å²) in [7, 11) is 1.62. The minimum absolute atomic E-state index is 0.00541. The monoisotopic (exact) mass is 369 g/mol. The molecular weight excluding hydrogens is 342 g/mol. The largest absolute Gasteiger partial charge is 0.377 e. The van der Waals surface area contributed by atoms with Gasteiger partial charge in [0.15, 0.2) is 5.82 Å². The summed E-state index contributed by atoms with van der Waals surface area (Å²) in [4.78, 5) is 20.3. The fraction of sp³-hybridized carbons (Fsp3) is 0.476. The normalized spacial score (nSPS) is 22.4. The molecule has 3 rings (SSSR count). The third-order valence-corrected chi connectivity index (χ3v) is 4.78. The molecule has 1 fully saturated rings. The Morgan fingerprint density at radius 3 is 2.63 bits per heavy atom. The fourth-order valence-electron chi connectivity index (χ4n) is 3.53. The number of carbonyl (C=O) groups excluding carboxylic acids is 1. The molecule has 27 heavy (non-hydrogen) atoms. The van der Waals surface area contributed by atoms with E-state index in [2.05, 4.69) is 39.6 Å². The lowest BCUT2D eigenvalue weighted by Crippen LogP contribution is -2.42. The van der Waals surface area contributed by atoms with Crippen molar-refractivity contribution in [2.75, 3.05) is 7.11 Å². The smallest absolute Gasteiger partial charge is 0.217 e. The first kappa shape index (κ1) is 19.5. The van der Waals surface area contributed by atoms with Gasteiger partial charge in [0.1, 0.15) is 6.61 Å². The minimum atomic E-state index is -0.118. The maximum absolute atomic E-state index is 11.6. The summed E-state index contributed by atoms with van der Waals surface area (Å²) < 4.78 is 11.4. The number of hydrogen-bond donors (Lipinski definition) is 1. The summed E-state index contributed by atoms with van der Waals surface area (Å²) in [6.07, 6.45) is 6.99. The Labute approximate surface area is 160 Å². The molecule has 144 valence electrons. The second-order valence-electron chi connectivity index (χ2n) is 7.01. The van der Waals surface area contributed by atoms with Gasteiger partial charge in [0, 0.05) is 38.0 Å². The van der Waals surface area contributed by atoms with Crippen LogP contribution in [0.1, 0.15) is 49.2 Å². The van der Waals surface area contributed by atoms with Crippen LogP contribution in [0.3, 0.4) is 0 Å². The van der Waals surface area contributed by atoms with Crippen LogP contribution in [0.25, 0.3) is 0 Å². The Morgan fingerprint density at radius 1 is 1.22 bits per heavy atom. The van der Waals surface area contributed by atoms with Gasteiger partial charge in [-0.15, -0.1) is 0 Å². The molecule has 0 spiro atoms. The Bertz CT molecular complexity index is 721. The van der Waals surface area contributed by atoms with E-state index in [1.54, 1.807) is 26.4 Å². The number of rotatable bonds is 7. The highest BCUT2D eigenvalue weighted by molar-refractivity contribution is 5.73. The van der Waals surface area contributed by atoms with Crippen molar-refractivity contribution in [2.24, 2.45) is 0 Å². The molecular formula is C21H27N3O3. The van der Waals surface area contributed by atoms with Gasteiger partial charge in [0.05, 0.1) is 12.2 Å². The molecule has 3 atom stereocenters. The molecule has 6 nitrogen and oxygen atoms in total. The number of amides is 1. The van der Waals surface area contributed by atoms with Crippen LogP contribution in [-0.4, -0.2) is 35.1 Å². The maximum Gasteiger partial charge on any atom is 0.217 e. The molecule has 0 bridgehead atoms. The van der Waals surface area contributed by atoms with Crippen molar-refractivity contribution in [3.05, 3.63) is 59.7 Å². The molecule has 1 aromatic heterocycles. The van der Waals surface area contributed by atoms with E-state index < -0.39 is 0 Å². The molecule has 0 saturated carbocycles. The average Bonchev–Trinajstić information content (AvgIpc) is 2.67. The quantitative estimate of drug-likeness (QED) is 0.812. The first-order valence-corrected chi connectivity index (χ1v) is 9.40. The summed E-state index contributed by atoms with van der Waals surface area (Å²) in [6.45, 7) is 1.95. The summed E-state index contributed by atoms with van der Waals surface area (Å²) in [5.41, 5.74) is 2.24. The molecule has 2 aromatic rings. The summed E-state index contributed by atoms with van der Waals surface area (Å²) in [5.74, 6) is 0.644. The lowest BCUT2D eigenvalue weighted by molar-refractivity contribution is -0.122. The predicted molar refractivity (Wildman–Crippen MR) is 102 cm³/mol. The highest BCUT2D eigenvalue weighted by atomic mass is 16.5. The minimum Gasteiger partial charge on any atom is -0.377 e. The van der Waals surface area contributed by atoms with Crippen LogP contribution in [0.2, 0.25) is 0 Å². The van der Waals surface area contributed by atoms with E-state index in [1.165, 1.54) is 5.56 Å². The van der Waals surface area contributed by atoms with Crippen LogP contribution in [0.4, 0.5) is 0 Å². The van der Waals surface area contributed by atoms with E-state index in [-0.39, 0.29) is 24.2 Å². The molecule has 2 heterocycles. The van der Waals surface area contributed by atoms with Crippen molar-refractivity contribution in [2.45, 2.75) is 57.5 Å². The maximum atomic E-state index is 11.6. The van der Waals surface area contributed by atoms with Crippen molar-refractivity contribution >= 4 is 5.91 Å². The topological polar surface area (TPSA) is 73.3 Å². The van der Waals surface area contributed by atoms with E-state index in [1.807, 2.05) is 6.07 Å². The van der Waals surface area contributed by atoms with Gasteiger partial charge >= 0.3 is 0 Å². The van der Waals surface area contributed by atoms with Crippen molar-refractivity contribution in [3.63, 3.8) is 0 Å². The number of hydrogen-bond acceptors (Lipinski definition) is 5. The Hall–Kier alpha value is -2.31. The van der Waals surface area contributed by atoms with Crippen LogP contribution in [0, 0.1) is 0 Å². The van der Waals surface area contributed by atoms with Gasteiger partial charge in [-0.1, -0.05) is 30.3 Å². The number of nitrogens with one attached hydrogen (secondary N) is 1. The molecule has 0 radical (unpaired) electrons. The Morgan fingerprint density at radius 2 is 1.96 bits per heavy atom. The van der Waals surface area contributed by atoms with E-state index >= 15 is 0 Å². The average molecular weight is 369 g/mol. The van der Waals surface area contributed by atoms with Crippen LogP contribution < -0.4 is 5.32 Å². The van der Waals surface area contributed by atoms with Gasteiger partial charge in [-0.2, -0.15) is 0 Å². The first-order valence-electron chi connectivity index (χ1n) is 9.40. The second kappa shape index (κ2) is 9.58. The molecule has 1 amide bonds. The van der Waals surface area contributed by atoms with Crippen LogP contribution in [-0.2, 0) is 27.3 Å². The molecule has 6 heteroatoms. The highest BCUT2D eigenvalue weighted by Crippen LogP contribution is 2.32. The van der Waals surface area contributed by atoms with E-state index in [4.69, 9.17) is 9.47 Å². The molecule has 1 saturated heterocycles. The number of benzene rings is 1. The lowest BCUT2D eigenvalue weighted by Gasteiger charge is -2.36. The zero-order valence-electron chi connectivity index (χ0n) is 15.9. The number of aromatic nitrogens is 2. The number of carbonyl (C=O) groups is 1. The fourth-order valence-corrected chi connectivity index (χ4v) is 3.53. The zero-order valence-corrected chi connectivity index (χ0v) is 15.9. The standard InChI is InChI=1S/C21H27N3O3/c1-15(25)24-18-10-19(9-8-16-6-4-3-5-7-16)27-20(11-18)17-12-22-21(14-26-2)23-13-17/h3-7,12-13,18-20H,8-11,14H2,1-2H3,(H,24,25)/t18-,19+,20+/m1/s1. The zero-order chi connectivity index (χ0) is 19.1. The predicted octanol–water partition coefficient (Wildman–Crippen LogP) is 2.98. The number of aryl methyl sites for hydroxylation is 1. The Kier molecular flexibility index (Phi) is 6.90. The first-order chi connectivity index (χ1) is 13.1. The summed E-state index contributed by atoms with van der Waals surface area (Å²) >= 11 is 0. The molecule has 1 N–H and O–H groups in total. The summed E-state index contributed by atoms with van der Waals surface area (Å²) in [6, 6.07) is 10.5. The van der Waals surface area contributed by atoms with Crippen LogP contribution in [0.5, 0.6) is 0 Å². The van der Waals surface area contributed by atoms with Crippen LogP contribution in [0.15, 0.2) is 42.7 Å². The van der Waals surface area contributed by atoms with Gasteiger partial charge in [-0.25, -0.2) is 9.97 Å². The SMILES string of the molecule is COCc1ncc([C@@H]2C[C@H](NC(C)=O)C[C@H](CCc3ccccc3)O2)cn1. The molecule has 0 unspecified atom stereocenters. The van der Waals surface area contributed by atoms with Crippen LogP contribution >= 0.6 is 0 Å². The van der Waals surface area contributed by atoms with Crippen molar-refractivity contribution in [3.8, 4) is 0 Å². The summed E-state index contributed by atoms with van der Waals surface area (Å²) in [5, 5.41) is 3.06. The molecule has 1 aromatic carbocycles. The Balaban J connectivity index is 1.67. The second-order valence-corrected chi connectivity index (χ2v) is 7.01. The molecule has 1 aliphatic rings. The number of methoxy groups -OCH3 is 1. The highest BCUT2D eigenvalue weighted by Gasteiger charge is 2.31. The van der Waals surface area contributed by atoms with Gasteiger partial charge in [0.2, 0.25) is 5.91 Å². The van der Waals surface area contributed by atoms with E-state index in [9.17, 15) is 4.79 Å². The number of nitrogens with zero attached hydrogens (tertiary/aromatic N) is 2. The van der Waals surface area contributed by atoms with E-state index in [0.29, 0.717) is 12.4 Å². The van der Waals surface area contributed by atoms with Gasteiger partial charge < -0.3 is 14.8 Å². The lowest BCUT2D eigenvalue weighted by atomic mass is 9.92. The van der Waals surface area contributed by atoms with E-state index in [0.717, 1.165) is 31.2 Å². The van der Waals surface area contributed by atoms with Gasteiger partial charge in [0.25, 0.3) is 0 Å². The van der Waals surface area contributed by atoms with Gasteiger partial charge in [-0.05, 0) is 31.2 Å². The van der Waals surface area contributed by atoms with Crippen molar-refractivity contribution < 1.29 is 14.3 Å². The van der Waals surface area contributed by atoms with Crippen molar-refractivity contribution in [1.29, 1.82) is 0 Å². The third-order valence-electron chi connectivity index (χ3n) is 4.78. The third kappa shape index (κ3) is 5.84.